The van der Waals surface area contributed by atoms with Crippen molar-refractivity contribution < 1.29 is 12.8 Å². The number of benzene rings is 1. The number of nitrogens with one attached hydrogen (secondary N) is 1. The number of rotatable bonds is 5. The summed E-state index contributed by atoms with van der Waals surface area (Å²) in [4.78, 5) is 0. The lowest BCUT2D eigenvalue weighted by Crippen LogP contribution is -2.21. The number of aryl methyl sites for hydroxylation is 1. The van der Waals surface area contributed by atoms with Crippen LogP contribution in [0.15, 0.2) is 45.9 Å². The number of furan rings is 1. The quantitative estimate of drug-likeness (QED) is 0.920. The van der Waals surface area contributed by atoms with Gasteiger partial charge in [-0.2, -0.15) is 0 Å². The molecule has 0 atom stereocenters. The Morgan fingerprint density at radius 1 is 1.15 bits per heavy atom. The number of nitrogens with zero attached hydrogens (tertiary/aromatic N) is 1. The SMILES string of the molecule is Cc1ccccc1NCc1ccc(S(=O)(=O)N(C)C)o1. The summed E-state index contributed by atoms with van der Waals surface area (Å²) < 4.78 is 30.3. The van der Waals surface area contributed by atoms with Crippen molar-refractivity contribution in [2.45, 2.75) is 18.6 Å². The topological polar surface area (TPSA) is 62.6 Å². The van der Waals surface area contributed by atoms with Gasteiger partial charge in [-0.3, -0.25) is 0 Å². The summed E-state index contributed by atoms with van der Waals surface area (Å²) in [5.74, 6) is 0.577. The van der Waals surface area contributed by atoms with Gasteiger partial charge in [-0.1, -0.05) is 18.2 Å². The maximum absolute atomic E-state index is 11.9. The van der Waals surface area contributed by atoms with E-state index in [0.717, 1.165) is 15.6 Å². The second-order valence-corrected chi connectivity index (χ2v) is 6.76. The van der Waals surface area contributed by atoms with Gasteiger partial charge in [0.15, 0.2) is 0 Å². The van der Waals surface area contributed by atoms with Crippen molar-refractivity contribution in [1.82, 2.24) is 4.31 Å². The highest BCUT2D eigenvalue weighted by Gasteiger charge is 2.21. The molecule has 0 fully saturated rings. The van der Waals surface area contributed by atoms with Crippen LogP contribution in [-0.4, -0.2) is 26.8 Å². The van der Waals surface area contributed by atoms with Crippen molar-refractivity contribution >= 4 is 15.7 Å². The van der Waals surface area contributed by atoms with Gasteiger partial charge in [0.05, 0.1) is 6.54 Å². The fraction of sp³-hybridized carbons (Fsp3) is 0.286. The molecule has 0 radical (unpaired) electrons. The van der Waals surface area contributed by atoms with Gasteiger partial charge in [0, 0.05) is 19.8 Å². The van der Waals surface area contributed by atoms with E-state index in [2.05, 4.69) is 5.32 Å². The van der Waals surface area contributed by atoms with Crippen LogP contribution in [0.2, 0.25) is 0 Å². The summed E-state index contributed by atoms with van der Waals surface area (Å²) in [5.41, 5.74) is 2.13. The van der Waals surface area contributed by atoms with Crippen molar-refractivity contribution in [3.8, 4) is 0 Å². The molecule has 1 heterocycles. The third kappa shape index (κ3) is 3.02. The highest BCUT2D eigenvalue weighted by atomic mass is 32.2. The lowest BCUT2D eigenvalue weighted by atomic mass is 10.2. The molecule has 2 rings (SSSR count). The van der Waals surface area contributed by atoms with E-state index >= 15 is 0 Å². The maximum Gasteiger partial charge on any atom is 0.275 e. The Balaban J connectivity index is 2.10. The van der Waals surface area contributed by atoms with Crippen molar-refractivity contribution in [2.75, 3.05) is 19.4 Å². The molecule has 0 amide bonds. The second-order valence-electron chi connectivity index (χ2n) is 4.68. The molecule has 20 heavy (non-hydrogen) atoms. The van der Waals surface area contributed by atoms with E-state index < -0.39 is 10.0 Å². The Morgan fingerprint density at radius 2 is 1.85 bits per heavy atom. The molecule has 6 heteroatoms. The largest absolute Gasteiger partial charge is 0.446 e. The molecule has 0 aliphatic carbocycles. The van der Waals surface area contributed by atoms with E-state index in [9.17, 15) is 8.42 Å². The zero-order chi connectivity index (χ0) is 14.8. The Kier molecular flexibility index (Phi) is 4.15. The van der Waals surface area contributed by atoms with E-state index in [-0.39, 0.29) is 5.09 Å². The molecule has 5 nitrogen and oxygen atoms in total. The average Bonchev–Trinajstić information content (AvgIpc) is 2.87. The van der Waals surface area contributed by atoms with Crippen LogP contribution in [0.1, 0.15) is 11.3 Å². The standard InChI is InChI=1S/C14H18N2O3S/c1-11-6-4-5-7-13(11)15-10-12-8-9-14(19-12)20(17,18)16(2)3/h4-9,15H,10H2,1-3H3. The fourth-order valence-electron chi connectivity index (χ4n) is 1.73. The molecule has 0 aliphatic heterocycles. The maximum atomic E-state index is 11.9. The van der Waals surface area contributed by atoms with Crippen molar-refractivity contribution in [3.63, 3.8) is 0 Å². The van der Waals surface area contributed by atoms with Gasteiger partial charge >= 0.3 is 0 Å². The van der Waals surface area contributed by atoms with Crippen LogP contribution in [0.4, 0.5) is 5.69 Å². The molecule has 0 aliphatic rings. The summed E-state index contributed by atoms with van der Waals surface area (Å²) in [6, 6.07) is 11.0. The molecule has 1 aromatic heterocycles. The molecule has 1 N–H and O–H groups in total. The van der Waals surface area contributed by atoms with Crippen LogP contribution in [0.25, 0.3) is 0 Å². The third-order valence-corrected chi connectivity index (χ3v) is 4.66. The van der Waals surface area contributed by atoms with Gasteiger partial charge in [0.1, 0.15) is 5.76 Å². The molecule has 2 aromatic rings. The summed E-state index contributed by atoms with van der Waals surface area (Å²) in [7, 11) is -0.558. The first kappa shape index (κ1) is 14.6. The second kappa shape index (κ2) is 5.68. The van der Waals surface area contributed by atoms with Gasteiger partial charge < -0.3 is 9.73 Å². The van der Waals surface area contributed by atoms with E-state index in [4.69, 9.17) is 4.42 Å². The molecule has 0 spiro atoms. The molecule has 1 aromatic carbocycles. The van der Waals surface area contributed by atoms with Gasteiger partial charge in [0.2, 0.25) is 5.09 Å². The summed E-state index contributed by atoms with van der Waals surface area (Å²) in [5, 5.41) is 3.18. The van der Waals surface area contributed by atoms with Crippen LogP contribution in [0.3, 0.4) is 0 Å². The zero-order valence-electron chi connectivity index (χ0n) is 11.8. The van der Waals surface area contributed by atoms with E-state index in [1.165, 1.54) is 20.2 Å². The number of anilines is 1. The van der Waals surface area contributed by atoms with Crippen LogP contribution >= 0.6 is 0 Å². The van der Waals surface area contributed by atoms with Gasteiger partial charge in [0.25, 0.3) is 10.0 Å². The minimum atomic E-state index is -3.51. The van der Waals surface area contributed by atoms with Gasteiger partial charge in [-0.05, 0) is 30.7 Å². The summed E-state index contributed by atoms with van der Waals surface area (Å²) >= 11 is 0. The monoisotopic (exact) mass is 294 g/mol. The fourth-order valence-corrected chi connectivity index (χ4v) is 2.54. The van der Waals surface area contributed by atoms with Crippen LogP contribution in [-0.2, 0) is 16.6 Å². The predicted octanol–water partition coefficient (Wildman–Crippen LogP) is 2.45. The summed E-state index contributed by atoms with van der Waals surface area (Å²) in [6.45, 7) is 2.44. The van der Waals surface area contributed by atoms with E-state index in [1.54, 1.807) is 6.07 Å². The molecule has 108 valence electrons. The Morgan fingerprint density at radius 3 is 2.50 bits per heavy atom. The van der Waals surface area contributed by atoms with Crippen molar-refractivity contribution in [3.05, 3.63) is 47.7 Å². The first-order chi connectivity index (χ1) is 9.41. The predicted molar refractivity (Wildman–Crippen MR) is 78.1 cm³/mol. The number of hydrogen-bond acceptors (Lipinski definition) is 4. The first-order valence-corrected chi connectivity index (χ1v) is 7.66. The molecular formula is C14H18N2O3S. The Labute approximate surface area is 119 Å². The van der Waals surface area contributed by atoms with Crippen LogP contribution in [0.5, 0.6) is 0 Å². The van der Waals surface area contributed by atoms with E-state index in [0.29, 0.717) is 12.3 Å². The lowest BCUT2D eigenvalue weighted by Gasteiger charge is -2.09. The molecule has 0 saturated carbocycles. The van der Waals surface area contributed by atoms with E-state index in [1.807, 2.05) is 31.2 Å². The minimum Gasteiger partial charge on any atom is -0.446 e. The molecule has 0 unspecified atom stereocenters. The first-order valence-electron chi connectivity index (χ1n) is 6.22. The Bertz CT molecular complexity index is 690. The number of hydrogen-bond donors (Lipinski definition) is 1. The molecular weight excluding hydrogens is 276 g/mol. The minimum absolute atomic E-state index is 0.0379. The number of sulfonamides is 1. The molecule has 0 bridgehead atoms. The van der Waals surface area contributed by atoms with Crippen LogP contribution in [0, 0.1) is 6.92 Å². The van der Waals surface area contributed by atoms with Gasteiger partial charge in [-0.25, -0.2) is 12.7 Å². The van der Waals surface area contributed by atoms with Crippen molar-refractivity contribution in [2.24, 2.45) is 0 Å². The highest BCUT2D eigenvalue weighted by Crippen LogP contribution is 2.19. The van der Waals surface area contributed by atoms with Gasteiger partial charge in [-0.15, -0.1) is 0 Å². The normalized spacial score (nSPS) is 11.8. The summed E-state index contributed by atoms with van der Waals surface area (Å²) in [6.07, 6.45) is 0. The smallest absolute Gasteiger partial charge is 0.275 e. The third-order valence-electron chi connectivity index (χ3n) is 2.97. The van der Waals surface area contributed by atoms with Crippen molar-refractivity contribution in [1.29, 1.82) is 0 Å². The number of para-hydroxylation sites is 1. The Hall–Kier alpha value is -1.79. The zero-order valence-corrected chi connectivity index (χ0v) is 12.6. The lowest BCUT2D eigenvalue weighted by molar-refractivity contribution is 0.402. The molecule has 0 saturated heterocycles. The average molecular weight is 294 g/mol. The highest BCUT2D eigenvalue weighted by molar-refractivity contribution is 7.88. The van der Waals surface area contributed by atoms with Crippen LogP contribution < -0.4 is 5.32 Å².